The molecule has 3 aromatic rings. The van der Waals surface area contributed by atoms with Crippen LogP contribution < -0.4 is 0 Å². The maximum absolute atomic E-state index is 11.7. The Morgan fingerprint density at radius 3 is 1.09 bits per heavy atom. The summed E-state index contributed by atoms with van der Waals surface area (Å²) in [7, 11) is 0. The number of rotatable bonds is 26. The standard InChI is InChI=1S/C33H37N7O16S/c41-23(42)9-37(10-24(43)44)5-18-1-3-34-31(20(18)7-39(13-27(49)50)14-28(51)52)22-17-57-33(36-22)32-21(8-40(15-29(53)54)16-30(55)56)19(2-4-35-32)6-38(11-25(45)46)12-26(47)48/h1-4,17H,5-16H2,(H,41,42)(H,43,44)(H,45,46)(H,47,48)(H,49,50)(H,51,52)(H,53,54)(H,55,56). The van der Waals surface area contributed by atoms with Crippen molar-refractivity contribution in [3.63, 3.8) is 0 Å². The first-order valence-electron chi connectivity index (χ1n) is 16.3. The van der Waals surface area contributed by atoms with E-state index in [-0.39, 0.29) is 70.5 Å². The van der Waals surface area contributed by atoms with Gasteiger partial charge in [0.15, 0.2) is 0 Å². The fourth-order valence-electron chi connectivity index (χ4n) is 5.74. The number of carbonyl (C=O) groups is 8. The van der Waals surface area contributed by atoms with Crippen LogP contribution >= 0.6 is 11.3 Å². The zero-order chi connectivity index (χ0) is 42.4. The third-order valence-corrected chi connectivity index (χ3v) is 8.53. The van der Waals surface area contributed by atoms with Crippen molar-refractivity contribution in [3.8, 4) is 22.1 Å². The zero-order valence-electron chi connectivity index (χ0n) is 29.8. The summed E-state index contributed by atoms with van der Waals surface area (Å²) in [5.41, 5.74) is 1.10. The summed E-state index contributed by atoms with van der Waals surface area (Å²) in [6, 6.07) is 2.84. The molecule has 0 amide bonds. The minimum atomic E-state index is -1.37. The van der Waals surface area contributed by atoms with E-state index in [9.17, 15) is 79.2 Å². The quantitative estimate of drug-likeness (QED) is 0.0489. The van der Waals surface area contributed by atoms with E-state index < -0.39 is 100 Å². The molecule has 23 nitrogen and oxygen atoms in total. The number of hydrogen-bond acceptors (Lipinski definition) is 16. The van der Waals surface area contributed by atoms with Gasteiger partial charge in [0.25, 0.3) is 0 Å². The first-order chi connectivity index (χ1) is 26.8. The number of thiazole rings is 1. The second-order valence-corrected chi connectivity index (χ2v) is 13.2. The number of carboxylic acid groups (broad SMARTS) is 8. The van der Waals surface area contributed by atoms with Crippen LogP contribution in [-0.4, -0.2) is 176 Å². The molecule has 3 rings (SSSR count). The van der Waals surface area contributed by atoms with E-state index in [0.717, 1.165) is 30.9 Å². The topological polar surface area (TPSA) is 350 Å². The molecule has 0 aliphatic rings. The van der Waals surface area contributed by atoms with Crippen molar-refractivity contribution in [3.05, 3.63) is 52.2 Å². The largest absolute Gasteiger partial charge is 0.480 e. The Kier molecular flexibility index (Phi) is 16.6. The van der Waals surface area contributed by atoms with Crippen molar-refractivity contribution < 1.29 is 79.2 Å². The van der Waals surface area contributed by atoms with Crippen molar-refractivity contribution >= 4 is 59.1 Å². The summed E-state index contributed by atoms with van der Waals surface area (Å²) < 4.78 is 0. The average molecular weight is 820 g/mol. The van der Waals surface area contributed by atoms with E-state index in [1.807, 2.05) is 0 Å². The number of pyridine rings is 2. The van der Waals surface area contributed by atoms with Gasteiger partial charge in [-0.1, -0.05) is 0 Å². The van der Waals surface area contributed by atoms with Crippen LogP contribution in [-0.2, 0) is 64.5 Å². The third-order valence-electron chi connectivity index (χ3n) is 7.68. The second-order valence-electron chi connectivity index (χ2n) is 12.4. The molecule has 0 aliphatic heterocycles. The van der Waals surface area contributed by atoms with Crippen molar-refractivity contribution in [2.45, 2.75) is 26.2 Å². The van der Waals surface area contributed by atoms with Gasteiger partial charge in [-0.05, 0) is 34.4 Å². The van der Waals surface area contributed by atoms with E-state index >= 15 is 0 Å². The monoisotopic (exact) mass is 819 g/mol. The molecule has 0 bridgehead atoms. The smallest absolute Gasteiger partial charge is 0.317 e. The number of carboxylic acids is 8. The lowest BCUT2D eigenvalue weighted by Gasteiger charge is -2.24. The van der Waals surface area contributed by atoms with Gasteiger partial charge in [0.1, 0.15) is 16.4 Å². The summed E-state index contributed by atoms with van der Waals surface area (Å²) >= 11 is 0.967. The summed E-state index contributed by atoms with van der Waals surface area (Å²) in [4.78, 5) is 111. The van der Waals surface area contributed by atoms with Gasteiger partial charge in [0, 0.05) is 44.0 Å². The van der Waals surface area contributed by atoms with E-state index in [1.54, 1.807) is 0 Å². The van der Waals surface area contributed by atoms with Crippen molar-refractivity contribution in [1.29, 1.82) is 0 Å². The third kappa shape index (κ3) is 14.9. The molecule has 0 unspecified atom stereocenters. The first kappa shape index (κ1) is 44.9. The molecule has 0 saturated heterocycles. The van der Waals surface area contributed by atoms with Gasteiger partial charge >= 0.3 is 47.8 Å². The van der Waals surface area contributed by atoms with Gasteiger partial charge in [-0.15, -0.1) is 11.3 Å². The second kappa shape index (κ2) is 21.0. The molecule has 0 saturated carbocycles. The summed E-state index contributed by atoms with van der Waals surface area (Å²) in [6.07, 6.45) is 2.60. The number of hydrogen-bond donors (Lipinski definition) is 8. The van der Waals surface area contributed by atoms with Crippen molar-refractivity contribution in [2.75, 3.05) is 52.4 Å². The highest BCUT2D eigenvalue weighted by Gasteiger charge is 2.26. The molecule has 3 aromatic heterocycles. The highest BCUT2D eigenvalue weighted by atomic mass is 32.1. The molecule has 0 radical (unpaired) electrons. The highest BCUT2D eigenvalue weighted by molar-refractivity contribution is 7.13. The van der Waals surface area contributed by atoms with E-state index in [4.69, 9.17) is 0 Å². The van der Waals surface area contributed by atoms with Gasteiger partial charge in [-0.25, -0.2) is 4.98 Å². The van der Waals surface area contributed by atoms with Gasteiger partial charge in [-0.3, -0.25) is 67.9 Å². The Bertz CT molecular complexity index is 1810. The van der Waals surface area contributed by atoms with Crippen LogP contribution in [0.1, 0.15) is 22.3 Å². The van der Waals surface area contributed by atoms with Crippen LogP contribution in [0.15, 0.2) is 29.9 Å². The average Bonchev–Trinajstić information content (AvgIpc) is 3.54. The van der Waals surface area contributed by atoms with Crippen LogP contribution in [0.3, 0.4) is 0 Å². The molecule has 0 aromatic carbocycles. The minimum Gasteiger partial charge on any atom is -0.480 e. The molecular formula is C33H37N7O16S. The summed E-state index contributed by atoms with van der Waals surface area (Å²) in [6.45, 7) is -7.23. The van der Waals surface area contributed by atoms with E-state index in [0.29, 0.717) is 0 Å². The lowest BCUT2D eigenvalue weighted by Crippen LogP contribution is -2.36. The molecule has 306 valence electrons. The molecule has 0 atom stereocenters. The molecule has 57 heavy (non-hydrogen) atoms. The van der Waals surface area contributed by atoms with E-state index in [1.165, 1.54) is 29.9 Å². The molecule has 0 fully saturated rings. The molecule has 8 N–H and O–H groups in total. The van der Waals surface area contributed by atoms with Crippen LogP contribution in [0.25, 0.3) is 22.1 Å². The zero-order valence-corrected chi connectivity index (χ0v) is 30.6. The summed E-state index contributed by atoms with van der Waals surface area (Å²) in [5, 5.41) is 77.4. The van der Waals surface area contributed by atoms with Crippen molar-refractivity contribution in [2.24, 2.45) is 0 Å². The Hall–Kier alpha value is -6.47. The summed E-state index contributed by atoms with van der Waals surface area (Å²) in [5.74, 6) is -10.9. The fourth-order valence-corrected chi connectivity index (χ4v) is 6.57. The van der Waals surface area contributed by atoms with E-state index in [2.05, 4.69) is 15.0 Å². The Morgan fingerprint density at radius 1 is 0.456 bits per heavy atom. The van der Waals surface area contributed by atoms with Crippen LogP contribution in [0.4, 0.5) is 0 Å². The van der Waals surface area contributed by atoms with Crippen LogP contribution in [0.5, 0.6) is 0 Å². The maximum Gasteiger partial charge on any atom is 0.317 e. The molecule has 24 heteroatoms. The van der Waals surface area contributed by atoms with Gasteiger partial charge < -0.3 is 40.9 Å². The molecular weight excluding hydrogens is 782 g/mol. The fraction of sp³-hybridized carbons (Fsp3) is 0.364. The maximum atomic E-state index is 11.7. The van der Waals surface area contributed by atoms with Crippen LogP contribution in [0.2, 0.25) is 0 Å². The van der Waals surface area contributed by atoms with Crippen LogP contribution in [0, 0.1) is 0 Å². The molecule has 0 aliphatic carbocycles. The van der Waals surface area contributed by atoms with Gasteiger partial charge in [0.05, 0.1) is 58.1 Å². The predicted molar refractivity (Wildman–Crippen MR) is 191 cm³/mol. The van der Waals surface area contributed by atoms with Crippen molar-refractivity contribution in [1.82, 2.24) is 34.6 Å². The van der Waals surface area contributed by atoms with Gasteiger partial charge in [-0.2, -0.15) is 0 Å². The predicted octanol–water partition coefficient (Wildman–Crippen LogP) is -0.848. The Labute approximate surface area is 325 Å². The Balaban J connectivity index is 2.26. The first-order valence-corrected chi connectivity index (χ1v) is 17.2. The normalized spacial score (nSPS) is 11.3. The number of aliphatic carboxylic acids is 8. The number of aromatic nitrogens is 3. The molecule has 3 heterocycles. The minimum absolute atomic E-state index is 0.0616. The molecule has 0 spiro atoms. The highest BCUT2D eigenvalue weighted by Crippen LogP contribution is 2.34. The number of nitrogens with zero attached hydrogens (tertiary/aromatic N) is 7. The Morgan fingerprint density at radius 2 is 0.754 bits per heavy atom. The lowest BCUT2D eigenvalue weighted by atomic mass is 10.0. The SMILES string of the molecule is O=C(O)CN(CC(=O)O)Cc1ccnc(-c2csc(-c3nccc(CN(CC(=O)O)CC(=O)O)c3CN(CC(=O)O)CC(=O)O)n2)c1CN(CC(=O)O)CC(=O)O. The van der Waals surface area contributed by atoms with Gasteiger partial charge in [0.2, 0.25) is 0 Å². The lowest BCUT2D eigenvalue weighted by molar-refractivity contribution is -0.144.